The lowest BCUT2D eigenvalue weighted by Gasteiger charge is -2.18. The monoisotopic (exact) mass is 524 g/mol. The molecule has 2 aromatic carbocycles. The first-order valence-corrected chi connectivity index (χ1v) is 9.92. The fourth-order valence-corrected chi connectivity index (χ4v) is 2.96. The van der Waals surface area contributed by atoms with Gasteiger partial charge in [-0.05, 0) is 36.2 Å². The van der Waals surface area contributed by atoms with Crippen molar-refractivity contribution in [2.45, 2.75) is 26.3 Å². The van der Waals surface area contributed by atoms with Crippen LogP contribution in [0.15, 0.2) is 53.5 Å². The number of carbonyl (C=O) groups is 1. The summed E-state index contributed by atoms with van der Waals surface area (Å²) in [4.78, 5) is 18.2. The second-order valence-corrected chi connectivity index (χ2v) is 7.12. The van der Waals surface area contributed by atoms with Crippen molar-refractivity contribution in [3.8, 4) is 5.75 Å². The molecule has 164 valence electrons. The van der Waals surface area contributed by atoms with Crippen molar-refractivity contribution in [1.29, 1.82) is 0 Å². The number of halogens is 1. The molecular formula is C23H33IN4O2. The molecule has 0 heterocycles. The molecule has 0 aliphatic rings. The molecule has 0 spiro atoms. The fourth-order valence-electron chi connectivity index (χ4n) is 2.96. The third kappa shape index (κ3) is 7.51. The van der Waals surface area contributed by atoms with E-state index in [4.69, 9.17) is 4.74 Å². The average Bonchev–Trinajstić information content (AvgIpc) is 2.75. The molecule has 0 saturated carbocycles. The van der Waals surface area contributed by atoms with Gasteiger partial charge in [0.25, 0.3) is 5.91 Å². The predicted molar refractivity (Wildman–Crippen MR) is 134 cm³/mol. The van der Waals surface area contributed by atoms with Crippen molar-refractivity contribution in [1.82, 2.24) is 15.5 Å². The number of ether oxygens (including phenoxy) is 1. The summed E-state index contributed by atoms with van der Waals surface area (Å²) >= 11 is 0. The minimum Gasteiger partial charge on any atom is -0.496 e. The molecule has 1 amide bonds. The third-order valence-corrected chi connectivity index (χ3v) is 4.62. The van der Waals surface area contributed by atoms with Gasteiger partial charge in [0, 0.05) is 38.7 Å². The molecule has 2 N–H and O–H groups in total. The lowest BCUT2D eigenvalue weighted by molar-refractivity contribution is 0.0827. The van der Waals surface area contributed by atoms with Crippen LogP contribution in [0.3, 0.4) is 0 Å². The Morgan fingerprint density at radius 3 is 2.37 bits per heavy atom. The fraction of sp³-hybridized carbons (Fsp3) is 0.391. The van der Waals surface area contributed by atoms with Crippen LogP contribution in [0.5, 0.6) is 5.75 Å². The molecule has 0 aliphatic carbocycles. The summed E-state index contributed by atoms with van der Waals surface area (Å²) < 4.78 is 5.47. The Morgan fingerprint density at radius 1 is 1.10 bits per heavy atom. The van der Waals surface area contributed by atoms with Gasteiger partial charge in [0.05, 0.1) is 13.7 Å². The first-order chi connectivity index (χ1) is 14.0. The van der Waals surface area contributed by atoms with Crippen LogP contribution in [0.4, 0.5) is 0 Å². The first kappa shape index (κ1) is 25.7. The van der Waals surface area contributed by atoms with Gasteiger partial charge in [-0.1, -0.05) is 37.3 Å². The van der Waals surface area contributed by atoms with Gasteiger partial charge in [0.2, 0.25) is 0 Å². The third-order valence-electron chi connectivity index (χ3n) is 4.62. The molecule has 6 nitrogen and oxygen atoms in total. The van der Waals surface area contributed by atoms with Gasteiger partial charge in [-0.3, -0.25) is 4.79 Å². The lowest BCUT2D eigenvalue weighted by Crippen LogP contribution is -2.39. The summed E-state index contributed by atoms with van der Waals surface area (Å²) in [5.74, 6) is 1.94. The zero-order chi connectivity index (χ0) is 21.2. The largest absolute Gasteiger partial charge is 0.496 e. The number of nitrogens with zero attached hydrogens (tertiary/aromatic N) is 2. The van der Waals surface area contributed by atoms with Crippen LogP contribution in [0.25, 0.3) is 0 Å². The Bertz CT molecular complexity index is 822. The maximum atomic E-state index is 12.0. The second-order valence-electron chi connectivity index (χ2n) is 7.12. The first-order valence-electron chi connectivity index (χ1n) is 9.92. The van der Waals surface area contributed by atoms with E-state index in [1.165, 1.54) is 5.56 Å². The van der Waals surface area contributed by atoms with Crippen LogP contribution >= 0.6 is 24.0 Å². The van der Waals surface area contributed by atoms with Gasteiger partial charge in [0.1, 0.15) is 5.75 Å². The van der Waals surface area contributed by atoms with Crippen molar-refractivity contribution in [3.05, 3.63) is 65.2 Å². The number of amides is 1. The summed E-state index contributed by atoms with van der Waals surface area (Å²) in [5, 5.41) is 6.69. The Hall–Kier alpha value is -2.29. The van der Waals surface area contributed by atoms with Crippen LogP contribution in [0, 0.1) is 0 Å². The standard InChI is InChI=1S/C23H32N4O2.HI/c1-6-24-23(25-15-17(2)20-9-7-8-10-21(20)29-5)26-16-18-11-13-19(14-12-18)22(28)27(3)4;/h7-14,17H,6,15-16H2,1-5H3,(H2,24,25,26);1H. The maximum Gasteiger partial charge on any atom is 0.253 e. The van der Waals surface area contributed by atoms with Crippen molar-refractivity contribution in [2.75, 3.05) is 34.3 Å². The molecule has 1 unspecified atom stereocenters. The summed E-state index contributed by atoms with van der Waals surface area (Å²) in [7, 11) is 5.20. The molecule has 7 heteroatoms. The van der Waals surface area contributed by atoms with Crippen molar-refractivity contribution in [2.24, 2.45) is 4.99 Å². The zero-order valence-electron chi connectivity index (χ0n) is 18.4. The molecule has 0 bridgehead atoms. The molecule has 0 aliphatic heterocycles. The van der Waals surface area contributed by atoms with E-state index in [0.717, 1.165) is 30.4 Å². The minimum atomic E-state index is 0. The van der Waals surface area contributed by atoms with Gasteiger partial charge in [-0.2, -0.15) is 0 Å². The highest BCUT2D eigenvalue weighted by molar-refractivity contribution is 14.0. The number of para-hydroxylation sites is 1. The highest BCUT2D eigenvalue weighted by Crippen LogP contribution is 2.25. The lowest BCUT2D eigenvalue weighted by atomic mass is 10.0. The molecule has 0 saturated heterocycles. The number of hydrogen-bond donors (Lipinski definition) is 2. The average molecular weight is 524 g/mol. The van der Waals surface area contributed by atoms with E-state index in [9.17, 15) is 4.79 Å². The quantitative estimate of drug-likeness (QED) is 0.313. The summed E-state index contributed by atoms with van der Waals surface area (Å²) in [6.07, 6.45) is 0. The van der Waals surface area contributed by atoms with E-state index in [2.05, 4.69) is 28.6 Å². The van der Waals surface area contributed by atoms with E-state index in [0.29, 0.717) is 12.1 Å². The van der Waals surface area contributed by atoms with Gasteiger partial charge >= 0.3 is 0 Å². The number of nitrogens with one attached hydrogen (secondary N) is 2. The van der Waals surface area contributed by atoms with E-state index < -0.39 is 0 Å². The molecule has 30 heavy (non-hydrogen) atoms. The number of aliphatic imine (C=N–C) groups is 1. The number of guanidine groups is 1. The molecule has 0 aromatic heterocycles. The molecule has 1 atom stereocenters. The van der Waals surface area contributed by atoms with Crippen LogP contribution in [0.2, 0.25) is 0 Å². The molecule has 2 rings (SSSR count). The van der Waals surface area contributed by atoms with Crippen molar-refractivity contribution < 1.29 is 9.53 Å². The highest BCUT2D eigenvalue weighted by atomic mass is 127. The number of hydrogen-bond acceptors (Lipinski definition) is 3. The van der Waals surface area contributed by atoms with Gasteiger partial charge < -0.3 is 20.3 Å². The van der Waals surface area contributed by atoms with Gasteiger partial charge in [-0.25, -0.2) is 4.99 Å². The topological polar surface area (TPSA) is 66.0 Å². The minimum absolute atomic E-state index is 0. The van der Waals surface area contributed by atoms with Crippen LogP contribution in [-0.4, -0.2) is 51.1 Å². The summed E-state index contributed by atoms with van der Waals surface area (Å²) in [6, 6.07) is 15.7. The Kier molecular flexibility index (Phi) is 11.2. The number of methoxy groups -OCH3 is 1. The second kappa shape index (κ2) is 13.1. The summed E-state index contributed by atoms with van der Waals surface area (Å²) in [5.41, 5.74) is 2.90. The normalized spacial score (nSPS) is 11.8. The Morgan fingerprint density at radius 2 is 1.77 bits per heavy atom. The molecule has 0 radical (unpaired) electrons. The highest BCUT2D eigenvalue weighted by Gasteiger charge is 2.11. The summed E-state index contributed by atoms with van der Waals surface area (Å²) in [6.45, 7) is 6.26. The van der Waals surface area contributed by atoms with Crippen LogP contribution < -0.4 is 15.4 Å². The van der Waals surface area contributed by atoms with Crippen molar-refractivity contribution in [3.63, 3.8) is 0 Å². The number of carbonyl (C=O) groups excluding carboxylic acids is 1. The number of rotatable bonds is 8. The van der Waals surface area contributed by atoms with E-state index in [1.807, 2.05) is 49.4 Å². The van der Waals surface area contributed by atoms with Gasteiger partial charge in [-0.15, -0.1) is 24.0 Å². The SMILES string of the molecule is CCNC(=NCc1ccc(C(=O)N(C)C)cc1)NCC(C)c1ccccc1OC.I. The molecule has 0 fully saturated rings. The van der Waals surface area contributed by atoms with E-state index in [-0.39, 0.29) is 35.8 Å². The predicted octanol–water partition coefficient (Wildman–Crippen LogP) is 3.87. The van der Waals surface area contributed by atoms with E-state index >= 15 is 0 Å². The molecular weight excluding hydrogens is 491 g/mol. The van der Waals surface area contributed by atoms with E-state index in [1.54, 1.807) is 26.1 Å². The van der Waals surface area contributed by atoms with Crippen LogP contribution in [0.1, 0.15) is 41.3 Å². The Labute approximate surface area is 197 Å². The van der Waals surface area contributed by atoms with Gasteiger partial charge in [0.15, 0.2) is 5.96 Å². The zero-order valence-corrected chi connectivity index (χ0v) is 20.8. The number of benzene rings is 2. The maximum absolute atomic E-state index is 12.0. The van der Waals surface area contributed by atoms with Crippen molar-refractivity contribution >= 4 is 35.8 Å². The van der Waals surface area contributed by atoms with Crippen LogP contribution in [-0.2, 0) is 6.54 Å². The smallest absolute Gasteiger partial charge is 0.253 e. The molecule has 2 aromatic rings. The Balaban J connectivity index is 0.00000450.